The molecule has 0 saturated carbocycles. The van der Waals surface area contributed by atoms with E-state index in [0.29, 0.717) is 0 Å². The van der Waals surface area contributed by atoms with E-state index in [9.17, 15) is 13.2 Å². The summed E-state index contributed by atoms with van der Waals surface area (Å²) in [5.41, 5.74) is 0. The summed E-state index contributed by atoms with van der Waals surface area (Å²) in [6.45, 7) is 0.0840. The van der Waals surface area contributed by atoms with Crippen molar-refractivity contribution in [3.8, 4) is 0 Å². The molecule has 7 heteroatoms. The summed E-state index contributed by atoms with van der Waals surface area (Å²) in [6, 6.07) is 0. The van der Waals surface area contributed by atoms with Gasteiger partial charge < -0.3 is 13.9 Å². The van der Waals surface area contributed by atoms with Gasteiger partial charge in [-0.3, -0.25) is 0 Å². The molecule has 1 rings (SSSR count). The summed E-state index contributed by atoms with van der Waals surface area (Å²) in [5.74, 6) is 0. The summed E-state index contributed by atoms with van der Waals surface area (Å²) in [4.78, 5) is 8.97. The van der Waals surface area contributed by atoms with Crippen LogP contribution in [0, 0.1) is 0 Å². The summed E-state index contributed by atoms with van der Waals surface area (Å²) >= 11 is 0. The molecule has 1 fully saturated rings. The van der Waals surface area contributed by atoms with Crippen molar-refractivity contribution in [1.29, 1.82) is 0 Å². The van der Waals surface area contributed by atoms with Crippen molar-refractivity contribution in [2.45, 2.75) is 6.18 Å². The molecule has 1 saturated heterocycles. The molecule has 0 bridgehead atoms. The predicted octanol–water partition coefficient (Wildman–Crippen LogP) is 1.35. The zero-order valence-electron chi connectivity index (χ0n) is 5.47. The summed E-state index contributed by atoms with van der Waals surface area (Å²) in [5, 5.41) is 0. The van der Waals surface area contributed by atoms with Crippen molar-refractivity contribution in [2.75, 3.05) is 19.4 Å². The molecular weight excluding hydrogens is 184 g/mol. The molecule has 1 N–H and O–H groups in total. The smallest absolute Gasteiger partial charge is 0.335 e. The van der Waals surface area contributed by atoms with Crippen LogP contribution >= 0.6 is 7.94 Å². The molecule has 67 valence electrons. The molecule has 1 aliphatic rings. The fourth-order valence-electron chi connectivity index (χ4n) is 0.715. The van der Waals surface area contributed by atoms with Crippen LogP contribution in [0.1, 0.15) is 0 Å². The molecular formula is C4H7F3O3P. The number of hydrogen-bond donors (Lipinski definition) is 1. The lowest BCUT2D eigenvalue weighted by Gasteiger charge is -2.22. The molecule has 0 aromatic heterocycles. The van der Waals surface area contributed by atoms with Crippen LogP contribution in [0.5, 0.6) is 0 Å². The minimum Gasteiger partial charge on any atom is -0.335 e. The number of alkyl halides is 3. The van der Waals surface area contributed by atoms with Crippen LogP contribution in [0.15, 0.2) is 0 Å². The van der Waals surface area contributed by atoms with Gasteiger partial charge in [0.15, 0.2) is 0 Å². The first-order chi connectivity index (χ1) is 4.91. The third kappa shape index (κ3) is 2.91. The molecule has 3 nitrogen and oxygen atoms in total. The topological polar surface area (TPSA) is 38.7 Å². The van der Waals surface area contributed by atoms with Gasteiger partial charge in [0.25, 0.3) is 0 Å². The largest absolute Gasteiger partial charge is 0.399 e. The Bertz CT molecular complexity index is 142. The second-order valence-corrected chi connectivity index (χ2v) is 4.18. The molecule has 11 heavy (non-hydrogen) atoms. The maximum Gasteiger partial charge on any atom is 0.399 e. The highest BCUT2D eigenvalue weighted by molar-refractivity contribution is 7.60. The van der Waals surface area contributed by atoms with Crippen LogP contribution in [-0.4, -0.2) is 30.4 Å². The standard InChI is InChI=1S/C4H7F3O3P/c5-4(6,7)3-11(8)9-1-2-10-11/h8H,1-3H2. The van der Waals surface area contributed by atoms with Gasteiger partial charge in [-0.2, -0.15) is 13.2 Å². The van der Waals surface area contributed by atoms with E-state index in [1.54, 1.807) is 0 Å². The van der Waals surface area contributed by atoms with Gasteiger partial charge in [0, 0.05) is 0 Å². The van der Waals surface area contributed by atoms with Crippen LogP contribution in [-0.2, 0) is 9.05 Å². The first-order valence-electron chi connectivity index (χ1n) is 2.88. The Morgan fingerprint density at radius 1 is 1.27 bits per heavy atom. The molecule has 0 aromatic rings. The van der Waals surface area contributed by atoms with Gasteiger partial charge in [0.1, 0.15) is 6.16 Å². The molecule has 0 spiro atoms. The van der Waals surface area contributed by atoms with Gasteiger partial charge in [-0.1, -0.05) is 0 Å². The van der Waals surface area contributed by atoms with Crippen LogP contribution in [0.25, 0.3) is 0 Å². The van der Waals surface area contributed by atoms with Gasteiger partial charge in [-0.15, -0.1) is 0 Å². The van der Waals surface area contributed by atoms with Crippen molar-refractivity contribution >= 4 is 7.94 Å². The molecule has 0 atom stereocenters. The van der Waals surface area contributed by atoms with Crippen LogP contribution in [0.4, 0.5) is 13.2 Å². The first-order valence-corrected chi connectivity index (χ1v) is 4.64. The predicted molar refractivity (Wildman–Crippen MR) is 32.0 cm³/mol. The Morgan fingerprint density at radius 3 is 2.09 bits per heavy atom. The Kier molecular flexibility index (Phi) is 2.39. The minimum absolute atomic E-state index is 0.0420. The van der Waals surface area contributed by atoms with E-state index in [1.807, 2.05) is 0 Å². The highest BCUT2D eigenvalue weighted by atomic mass is 31.2. The molecule has 0 unspecified atom stereocenters. The Labute approximate surface area is 61.7 Å². The molecule has 0 amide bonds. The van der Waals surface area contributed by atoms with E-state index in [0.717, 1.165) is 0 Å². The monoisotopic (exact) mass is 191 g/mol. The van der Waals surface area contributed by atoms with Crippen LogP contribution < -0.4 is 0 Å². The van der Waals surface area contributed by atoms with Crippen LogP contribution in [0.2, 0.25) is 0 Å². The van der Waals surface area contributed by atoms with Gasteiger partial charge in [0.05, 0.1) is 13.2 Å². The maximum absolute atomic E-state index is 11.7. The first kappa shape index (κ1) is 9.19. The minimum atomic E-state index is -4.42. The lowest BCUT2D eigenvalue weighted by atomic mass is 10.8. The zero-order chi connectivity index (χ0) is 8.54. The summed E-state index contributed by atoms with van der Waals surface area (Å²) in [6.07, 6.45) is -5.80. The maximum atomic E-state index is 11.7. The van der Waals surface area contributed by atoms with Gasteiger partial charge >= 0.3 is 6.18 Å². The Balaban J connectivity index is 2.46. The third-order valence-corrected chi connectivity index (χ3v) is 2.98. The molecule has 1 aliphatic heterocycles. The second kappa shape index (κ2) is 2.86. The lowest BCUT2D eigenvalue weighted by molar-refractivity contribution is -0.110. The van der Waals surface area contributed by atoms with Crippen LogP contribution in [0.3, 0.4) is 0 Å². The van der Waals surface area contributed by atoms with E-state index in [1.165, 1.54) is 0 Å². The van der Waals surface area contributed by atoms with Crippen molar-refractivity contribution in [3.63, 3.8) is 0 Å². The normalized spacial score (nSPS) is 24.0. The molecule has 0 aromatic carbocycles. The van der Waals surface area contributed by atoms with E-state index < -0.39 is 20.3 Å². The molecule has 0 aliphatic carbocycles. The Morgan fingerprint density at radius 2 is 1.73 bits per heavy atom. The molecule has 1 heterocycles. The van der Waals surface area contributed by atoms with E-state index in [-0.39, 0.29) is 13.2 Å². The van der Waals surface area contributed by atoms with Crippen molar-refractivity contribution in [1.82, 2.24) is 0 Å². The number of hydrogen-bond acceptors (Lipinski definition) is 3. The lowest BCUT2D eigenvalue weighted by Crippen LogP contribution is -2.17. The summed E-state index contributed by atoms with van der Waals surface area (Å²) in [7, 11) is -3.57. The number of halogens is 3. The van der Waals surface area contributed by atoms with Crippen molar-refractivity contribution in [3.05, 3.63) is 0 Å². The zero-order valence-corrected chi connectivity index (χ0v) is 6.36. The third-order valence-electron chi connectivity index (χ3n) is 1.05. The van der Waals surface area contributed by atoms with Gasteiger partial charge in [-0.05, 0) is 0 Å². The average Bonchev–Trinajstić information content (AvgIpc) is 2.09. The van der Waals surface area contributed by atoms with E-state index in [4.69, 9.17) is 4.89 Å². The second-order valence-electron chi connectivity index (χ2n) is 2.08. The van der Waals surface area contributed by atoms with Gasteiger partial charge in [0.2, 0.25) is 7.94 Å². The van der Waals surface area contributed by atoms with E-state index in [2.05, 4.69) is 9.05 Å². The SMILES string of the molecule is O[P]1(CC(F)(F)F)OCCO1. The van der Waals surface area contributed by atoms with E-state index >= 15 is 0 Å². The van der Waals surface area contributed by atoms with Crippen molar-refractivity contribution in [2.24, 2.45) is 0 Å². The summed E-state index contributed by atoms with van der Waals surface area (Å²) < 4.78 is 43.9. The Hall–Kier alpha value is 0.100. The molecule has 1 radical (unpaired) electrons. The highest BCUT2D eigenvalue weighted by Crippen LogP contribution is 2.62. The fraction of sp³-hybridized carbons (Fsp3) is 1.00. The number of rotatable bonds is 1. The average molecular weight is 191 g/mol. The van der Waals surface area contributed by atoms with Gasteiger partial charge in [-0.25, -0.2) is 0 Å². The quantitative estimate of drug-likeness (QED) is 0.635. The van der Waals surface area contributed by atoms with Crippen molar-refractivity contribution < 1.29 is 27.1 Å². The fourth-order valence-corrected chi connectivity index (χ4v) is 2.14. The highest BCUT2D eigenvalue weighted by Gasteiger charge is 2.44.